The Morgan fingerprint density at radius 1 is 1.24 bits per heavy atom. The fourth-order valence-corrected chi connectivity index (χ4v) is 1.89. The lowest BCUT2D eigenvalue weighted by Crippen LogP contribution is -2.38. The maximum absolute atomic E-state index is 13.1. The van der Waals surface area contributed by atoms with Crippen molar-refractivity contribution >= 4 is 0 Å². The second kappa shape index (κ2) is 5.21. The Labute approximate surface area is 98.2 Å². The van der Waals surface area contributed by atoms with Crippen LogP contribution in [0.4, 0.5) is 8.78 Å². The van der Waals surface area contributed by atoms with Gasteiger partial charge in [-0.15, -0.1) is 0 Å². The van der Waals surface area contributed by atoms with Crippen molar-refractivity contribution in [1.29, 1.82) is 5.26 Å². The molecule has 0 aromatic heterocycles. The monoisotopic (exact) mass is 238 g/mol. The summed E-state index contributed by atoms with van der Waals surface area (Å²) in [5.74, 6) is -1.82. The maximum atomic E-state index is 13.1. The van der Waals surface area contributed by atoms with Crippen molar-refractivity contribution < 1.29 is 13.5 Å². The van der Waals surface area contributed by atoms with Crippen LogP contribution in [0.2, 0.25) is 0 Å². The SMILES string of the molecule is N#CC(c1ccc(F)c(F)c1)N1CCOCC1. The largest absolute Gasteiger partial charge is 0.379 e. The van der Waals surface area contributed by atoms with Crippen LogP contribution < -0.4 is 0 Å². The number of benzene rings is 1. The van der Waals surface area contributed by atoms with Gasteiger partial charge in [0.05, 0.1) is 19.3 Å². The molecular weight excluding hydrogens is 226 g/mol. The van der Waals surface area contributed by atoms with Crippen molar-refractivity contribution in [2.45, 2.75) is 6.04 Å². The highest BCUT2D eigenvalue weighted by molar-refractivity contribution is 5.25. The lowest BCUT2D eigenvalue weighted by Gasteiger charge is -2.30. The average Bonchev–Trinajstić information content (AvgIpc) is 2.36. The van der Waals surface area contributed by atoms with Crippen LogP contribution in [-0.4, -0.2) is 31.2 Å². The molecule has 1 aromatic rings. The van der Waals surface area contributed by atoms with Gasteiger partial charge in [-0.25, -0.2) is 8.78 Å². The summed E-state index contributed by atoms with van der Waals surface area (Å²) in [4.78, 5) is 1.90. The van der Waals surface area contributed by atoms with Gasteiger partial charge < -0.3 is 4.74 Å². The minimum Gasteiger partial charge on any atom is -0.379 e. The topological polar surface area (TPSA) is 36.3 Å². The highest BCUT2D eigenvalue weighted by Gasteiger charge is 2.23. The summed E-state index contributed by atoms with van der Waals surface area (Å²) in [6, 6.07) is 5.15. The molecule has 0 aliphatic carbocycles. The Morgan fingerprint density at radius 2 is 1.94 bits per heavy atom. The molecule has 1 aromatic carbocycles. The number of rotatable bonds is 2. The maximum Gasteiger partial charge on any atom is 0.159 e. The van der Waals surface area contributed by atoms with E-state index in [0.29, 0.717) is 31.9 Å². The number of hydrogen-bond acceptors (Lipinski definition) is 3. The van der Waals surface area contributed by atoms with Gasteiger partial charge >= 0.3 is 0 Å². The normalized spacial score (nSPS) is 18.6. The number of nitrogens with zero attached hydrogens (tertiary/aromatic N) is 2. The van der Waals surface area contributed by atoms with Gasteiger partial charge in [0, 0.05) is 13.1 Å². The van der Waals surface area contributed by atoms with E-state index in [0.717, 1.165) is 12.1 Å². The molecule has 1 fully saturated rings. The molecule has 3 nitrogen and oxygen atoms in total. The summed E-state index contributed by atoms with van der Waals surface area (Å²) < 4.78 is 31.1. The molecule has 1 heterocycles. The molecule has 17 heavy (non-hydrogen) atoms. The van der Waals surface area contributed by atoms with Crippen molar-refractivity contribution in [3.8, 4) is 6.07 Å². The van der Waals surface area contributed by atoms with Gasteiger partial charge in [-0.05, 0) is 17.7 Å². The molecule has 1 unspecified atom stereocenters. The third kappa shape index (κ3) is 2.60. The number of ether oxygens (including phenoxy) is 1. The van der Waals surface area contributed by atoms with E-state index >= 15 is 0 Å². The van der Waals surface area contributed by atoms with Crippen molar-refractivity contribution in [3.63, 3.8) is 0 Å². The summed E-state index contributed by atoms with van der Waals surface area (Å²) in [7, 11) is 0. The molecule has 1 aliphatic heterocycles. The van der Waals surface area contributed by atoms with E-state index in [1.54, 1.807) is 0 Å². The fraction of sp³-hybridized carbons (Fsp3) is 0.417. The zero-order valence-corrected chi connectivity index (χ0v) is 9.20. The molecule has 5 heteroatoms. The van der Waals surface area contributed by atoms with Crippen molar-refractivity contribution in [2.24, 2.45) is 0 Å². The van der Waals surface area contributed by atoms with E-state index in [9.17, 15) is 8.78 Å². The molecule has 0 N–H and O–H groups in total. The predicted octanol–water partition coefficient (Wildman–Crippen LogP) is 1.86. The zero-order valence-electron chi connectivity index (χ0n) is 9.20. The minimum absolute atomic E-state index is 0.480. The van der Waals surface area contributed by atoms with Crippen LogP contribution in [0.5, 0.6) is 0 Å². The summed E-state index contributed by atoms with van der Waals surface area (Å²) in [5.41, 5.74) is 0.480. The summed E-state index contributed by atoms with van der Waals surface area (Å²) in [6.07, 6.45) is 0. The predicted molar refractivity (Wildman–Crippen MR) is 57.1 cm³/mol. The van der Waals surface area contributed by atoms with Crippen LogP contribution in [0.25, 0.3) is 0 Å². The van der Waals surface area contributed by atoms with Gasteiger partial charge in [-0.2, -0.15) is 5.26 Å². The van der Waals surface area contributed by atoms with E-state index in [4.69, 9.17) is 10.00 Å². The van der Waals surface area contributed by atoms with Crippen molar-refractivity contribution in [3.05, 3.63) is 35.4 Å². The number of hydrogen-bond donors (Lipinski definition) is 0. The molecule has 0 spiro atoms. The first-order valence-electron chi connectivity index (χ1n) is 5.38. The molecule has 0 bridgehead atoms. The molecule has 0 amide bonds. The van der Waals surface area contributed by atoms with Crippen LogP contribution in [0.1, 0.15) is 11.6 Å². The Bertz CT molecular complexity index is 439. The lowest BCUT2D eigenvalue weighted by atomic mass is 10.1. The number of halogens is 2. The van der Waals surface area contributed by atoms with Crippen LogP contribution in [0, 0.1) is 23.0 Å². The Kier molecular flexibility index (Phi) is 3.67. The smallest absolute Gasteiger partial charge is 0.159 e. The van der Waals surface area contributed by atoms with E-state index in [1.807, 2.05) is 4.90 Å². The first kappa shape index (κ1) is 12.0. The van der Waals surface area contributed by atoms with Crippen molar-refractivity contribution in [2.75, 3.05) is 26.3 Å². The van der Waals surface area contributed by atoms with Crippen molar-refractivity contribution in [1.82, 2.24) is 4.90 Å². The van der Waals surface area contributed by atoms with Gasteiger partial charge in [0.15, 0.2) is 11.6 Å². The average molecular weight is 238 g/mol. The zero-order chi connectivity index (χ0) is 12.3. The van der Waals surface area contributed by atoms with Crippen LogP contribution >= 0.6 is 0 Å². The molecular formula is C12H12F2N2O. The second-order valence-electron chi connectivity index (χ2n) is 3.85. The minimum atomic E-state index is -0.920. The molecule has 1 saturated heterocycles. The van der Waals surface area contributed by atoms with Crippen LogP contribution in [-0.2, 0) is 4.74 Å². The summed E-state index contributed by atoms with van der Waals surface area (Å²) in [6.45, 7) is 2.36. The van der Waals surface area contributed by atoms with E-state index in [1.165, 1.54) is 6.07 Å². The molecule has 90 valence electrons. The first-order valence-corrected chi connectivity index (χ1v) is 5.38. The van der Waals surface area contributed by atoms with E-state index in [-0.39, 0.29) is 0 Å². The fourth-order valence-electron chi connectivity index (χ4n) is 1.89. The molecule has 1 aliphatic rings. The van der Waals surface area contributed by atoms with Crippen LogP contribution in [0.3, 0.4) is 0 Å². The second-order valence-corrected chi connectivity index (χ2v) is 3.85. The van der Waals surface area contributed by atoms with Crippen LogP contribution in [0.15, 0.2) is 18.2 Å². The highest BCUT2D eigenvalue weighted by atomic mass is 19.2. The molecule has 0 saturated carbocycles. The van der Waals surface area contributed by atoms with E-state index in [2.05, 4.69) is 6.07 Å². The third-order valence-electron chi connectivity index (χ3n) is 2.79. The first-order chi connectivity index (χ1) is 8.22. The van der Waals surface area contributed by atoms with Gasteiger partial charge in [-0.1, -0.05) is 6.07 Å². The third-order valence-corrected chi connectivity index (χ3v) is 2.79. The van der Waals surface area contributed by atoms with Gasteiger partial charge in [0.1, 0.15) is 6.04 Å². The van der Waals surface area contributed by atoms with Gasteiger partial charge in [0.25, 0.3) is 0 Å². The standard InChI is InChI=1S/C12H12F2N2O/c13-10-2-1-9(7-11(10)14)12(8-15)16-3-5-17-6-4-16/h1-2,7,12H,3-6H2. The lowest BCUT2D eigenvalue weighted by molar-refractivity contribution is 0.0266. The summed E-state index contributed by atoms with van der Waals surface area (Å²) in [5, 5.41) is 9.14. The van der Waals surface area contributed by atoms with Gasteiger partial charge in [-0.3, -0.25) is 4.90 Å². The Balaban J connectivity index is 2.22. The number of nitriles is 1. The molecule has 1 atom stereocenters. The highest BCUT2D eigenvalue weighted by Crippen LogP contribution is 2.22. The molecule has 0 radical (unpaired) electrons. The quantitative estimate of drug-likeness (QED) is 0.789. The number of morpholine rings is 1. The summed E-state index contributed by atoms with van der Waals surface area (Å²) >= 11 is 0. The van der Waals surface area contributed by atoms with Gasteiger partial charge in [0.2, 0.25) is 0 Å². The Hall–Kier alpha value is -1.51. The molecule has 2 rings (SSSR count). The van der Waals surface area contributed by atoms with E-state index < -0.39 is 17.7 Å². The Morgan fingerprint density at radius 3 is 2.53 bits per heavy atom.